The lowest BCUT2D eigenvalue weighted by molar-refractivity contribution is 0.572. The molecule has 0 spiro atoms. The number of nitrogens with one attached hydrogen (secondary N) is 1. The number of nitrogens with zero attached hydrogens (tertiary/aromatic N) is 1. The third kappa shape index (κ3) is 4.09. The Balaban J connectivity index is 2.73. The predicted octanol–water partition coefficient (Wildman–Crippen LogP) is 1.20. The van der Waals surface area contributed by atoms with Gasteiger partial charge in [0.25, 0.3) is 0 Å². The molecule has 1 aromatic heterocycles. The maximum absolute atomic E-state index is 13.1. The van der Waals surface area contributed by atoms with E-state index in [9.17, 15) is 17.2 Å². The fraction of sp³-hybridized carbons (Fsp3) is 0.444. The van der Waals surface area contributed by atoms with Gasteiger partial charge in [-0.15, -0.1) is 0 Å². The van der Waals surface area contributed by atoms with Crippen LogP contribution in [0.5, 0.6) is 0 Å². The summed E-state index contributed by atoms with van der Waals surface area (Å²) in [5.41, 5.74) is 0. The average molecular weight is 250 g/mol. The molecule has 1 N–H and O–H groups in total. The molecule has 0 aromatic carbocycles. The molecule has 0 radical (unpaired) electrons. The van der Waals surface area contributed by atoms with Crippen LogP contribution in [0.25, 0.3) is 0 Å². The van der Waals surface area contributed by atoms with Gasteiger partial charge in [0, 0.05) is 18.4 Å². The second kappa shape index (κ2) is 4.73. The highest BCUT2D eigenvalue weighted by molar-refractivity contribution is 7.90. The summed E-state index contributed by atoms with van der Waals surface area (Å²) >= 11 is 0. The Kier molecular flexibility index (Phi) is 3.79. The minimum Gasteiger partial charge on any atom is -0.364 e. The quantitative estimate of drug-likeness (QED) is 0.872. The van der Waals surface area contributed by atoms with Crippen LogP contribution in [-0.4, -0.2) is 31.5 Å². The number of aromatic nitrogens is 1. The van der Waals surface area contributed by atoms with E-state index in [-0.39, 0.29) is 11.6 Å². The topological polar surface area (TPSA) is 59.1 Å². The van der Waals surface area contributed by atoms with Crippen LogP contribution >= 0.6 is 0 Å². The van der Waals surface area contributed by atoms with Crippen molar-refractivity contribution >= 4 is 15.7 Å². The van der Waals surface area contributed by atoms with E-state index in [1.165, 1.54) is 0 Å². The van der Waals surface area contributed by atoms with E-state index in [1.807, 2.05) is 0 Å². The zero-order valence-corrected chi connectivity index (χ0v) is 9.68. The molecule has 0 saturated heterocycles. The molecule has 1 atom stereocenters. The summed E-state index contributed by atoms with van der Waals surface area (Å²) in [6, 6.07) is 0.185. The van der Waals surface area contributed by atoms with Gasteiger partial charge in [0.05, 0.1) is 11.9 Å². The zero-order valence-electron chi connectivity index (χ0n) is 8.87. The Morgan fingerprint density at radius 2 is 2.12 bits per heavy atom. The van der Waals surface area contributed by atoms with Gasteiger partial charge in [-0.25, -0.2) is 22.2 Å². The van der Waals surface area contributed by atoms with Crippen molar-refractivity contribution in [1.29, 1.82) is 0 Å². The zero-order chi connectivity index (χ0) is 12.3. The first-order valence-electron chi connectivity index (χ1n) is 4.53. The van der Waals surface area contributed by atoms with Crippen LogP contribution in [-0.2, 0) is 9.84 Å². The normalized spacial score (nSPS) is 13.5. The van der Waals surface area contributed by atoms with Crippen LogP contribution < -0.4 is 5.32 Å². The van der Waals surface area contributed by atoms with Crippen LogP contribution in [0.15, 0.2) is 12.3 Å². The van der Waals surface area contributed by atoms with Gasteiger partial charge in [-0.3, -0.25) is 0 Å². The van der Waals surface area contributed by atoms with E-state index in [4.69, 9.17) is 0 Å². The molecular weight excluding hydrogens is 238 g/mol. The van der Waals surface area contributed by atoms with Gasteiger partial charge < -0.3 is 5.32 Å². The molecule has 1 aromatic rings. The van der Waals surface area contributed by atoms with E-state index in [2.05, 4.69) is 10.3 Å². The van der Waals surface area contributed by atoms with Crippen molar-refractivity contribution in [2.24, 2.45) is 0 Å². The van der Waals surface area contributed by atoms with Gasteiger partial charge in [-0.2, -0.15) is 0 Å². The lowest BCUT2D eigenvalue weighted by atomic mass is 10.3. The highest BCUT2D eigenvalue weighted by Gasteiger charge is 2.13. The maximum atomic E-state index is 13.1. The fourth-order valence-electron chi connectivity index (χ4n) is 1.25. The second-order valence-corrected chi connectivity index (χ2v) is 5.81. The third-order valence-corrected chi connectivity index (χ3v) is 2.85. The van der Waals surface area contributed by atoms with Crippen LogP contribution in [0.4, 0.5) is 14.6 Å². The number of halogens is 2. The molecule has 0 aliphatic carbocycles. The Morgan fingerprint density at radius 1 is 1.50 bits per heavy atom. The second-order valence-electron chi connectivity index (χ2n) is 3.62. The SMILES string of the molecule is CC(CS(C)(=O)=O)Nc1ncc(F)cc1F. The number of pyridine rings is 1. The van der Waals surface area contributed by atoms with Gasteiger partial charge in [0.15, 0.2) is 11.6 Å². The fourth-order valence-corrected chi connectivity index (χ4v) is 2.24. The average Bonchev–Trinajstić information content (AvgIpc) is 2.06. The minimum absolute atomic E-state index is 0.147. The van der Waals surface area contributed by atoms with Gasteiger partial charge in [-0.1, -0.05) is 0 Å². The van der Waals surface area contributed by atoms with Crippen LogP contribution in [0, 0.1) is 11.6 Å². The molecule has 16 heavy (non-hydrogen) atoms. The smallest absolute Gasteiger partial charge is 0.168 e. The number of sulfone groups is 1. The summed E-state index contributed by atoms with van der Waals surface area (Å²) < 4.78 is 47.6. The molecule has 7 heteroatoms. The van der Waals surface area contributed by atoms with Crippen molar-refractivity contribution in [2.45, 2.75) is 13.0 Å². The van der Waals surface area contributed by atoms with Crippen molar-refractivity contribution in [1.82, 2.24) is 4.98 Å². The molecule has 1 heterocycles. The van der Waals surface area contributed by atoms with Gasteiger partial charge in [0.1, 0.15) is 15.7 Å². The Hall–Kier alpha value is -1.24. The van der Waals surface area contributed by atoms with E-state index in [0.717, 1.165) is 12.5 Å². The molecule has 0 amide bonds. The third-order valence-electron chi connectivity index (χ3n) is 1.74. The number of anilines is 1. The Morgan fingerprint density at radius 3 is 2.62 bits per heavy atom. The van der Waals surface area contributed by atoms with Crippen LogP contribution in [0.1, 0.15) is 6.92 Å². The summed E-state index contributed by atoms with van der Waals surface area (Å²) in [5, 5.41) is 2.56. The highest BCUT2D eigenvalue weighted by Crippen LogP contribution is 2.12. The van der Waals surface area contributed by atoms with Crippen molar-refractivity contribution < 1.29 is 17.2 Å². The van der Waals surface area contributed by atoms with Gasteiger partial charge in [0.2, 0.25) is 0 Å². The Labute approximate surface area is 92.6 Å². The molecule has 4 nitrogen and oxygen atoms in total. The summed E-state index contributed by atoms with van der Waals surface area (Å²) in [4.78, 5) is 3.49. The first-order chi connectivity index (χ1) is 7.28. The first kappa shape index (κ1) is 12.8. The number of rotatable bonds is 4. The lowest BCUT2D eigenvalue weighted by Crippen LogP contribution is -2.26. The molecule has 90 valence electrons. The molecule has 0 bridgehead atoms. The van der Waals surface area contributed by atoms with Crippen molar-refractivity contribution in [3.05, 3.63) is 23.9 Å². The number of hydrogen-bond donors (Lipinski definition) is 1. The summed E-state index contributed by atoms with van der Waals surface area (Å²) in [7, 11) is -3.15. The van der Waals surface area contributed by atoms with Gasteiger partial charge >= 0.3 is 0 Å². The monoisotopic (exact) mass is 250 g/mol. The van der Waals surface area contributed by atoms with E-state index >= 15 is 0 Å². The maximum Gasteiger partial charge on any atom is 0.168 e. The summed E-state index contributed by atoms with van der Waals surface area (Å²) in [5.74, 6) is -1.93. The Bertz CT molecular complexity index is 476. The lowest BCUT2D eigenvalue weighted by Gasteiger charge is -2.13. The van der Waals surface area contributed by atoms with Crippen molar-refractivity contribution in [3.8, 4) is 0 Å². The largest absolute Gasteiger partial charge is 0.364 e. The van der Waals surface area contributed by atoms with Crippen LogP contribution in [0.2, 0.25) is 0 Å². The predicted molar refractivity (Wildman–Crippen MR) is 56.9 cm³/mol. The van der Waals surface area contributed by atoms with E-state index in [1.54, 1.807) is 6.92 Å². The standard InChI is InChI=1S/C9H12F2N2O2S/c1-6(5-16(2,14)15)13-9-8(11)3-7(10)4-12-9/h3-4,6H,5H2,1-2H3,(H,12,13). The van der Waals surface area contributed by atoms with Crippen LogP contribution in [0.3, 0.4) is 0 Å². The van der Waals surface area contributed by atoms with Gasteiger partial charge in [-0.05, 0) is 6.92 Å². The molecule has 1 rings (SSSR count). The molecule has 0 aliphatic heterocycles. The summed E-state index contributed by atoms with van der Waals surface area (Å²) in [6.45, 7) is 1.57. The van der Waals surface area contributed by atoms with Crippen molar-refractivity contribution in [3.63, 3.8) is 0 Å². The molecule has 0 aliphatic rings. The first-order valence-corrected chi connectivity index (χ1v) is 6.59. The number of hydrogen-bond acceptors (Lipinski definition) is 4. The molecule has 0 saturated carbocycles. The van der Waals surface area contributed by atoms with E-state index in [0.29, 0.717) is 6.07 Å². The van der Waals surface area contributed by atoms with E-state index < -0.39 is 27.5 Å². The molecule has 0 fully saturated rings. The molecular formula is C9H12F2N2O2S. The van der Waals surface area contributed by atoms with Crippen molar-refractivity contribution in [2.75, 3.05) is 17.3 Å². The minimum atomic E-state index is -3.15. The summed E-state index contributed by atoms with van der Waals surface area (Å²) in [6.07, 6.45) is 1.94. The molecule has 1 unspecified atom stereocenters. The highest BCUT2D eigenvalue weighted by atomic mass is 32.2.